The molecule has 5 nitrogen and oxygen atoms in total. The zero-order valence-electron chi connectivity index (χ0n) is 9.40. The van der Waals surface area contributed by atoms with Gasteiger partial charge in [-0.05, 0) is 30.4 Å². The van der Waals surface area contributed by atoms with E-state index in [-0.39, 0.29) is 6.01 Å². The summed E-state index contributed by atoms with van der Waals surface area (Å²) in [4.78, 5) is 18.7. The molecule has 3 N–H and O–H groups in total. The Morgan fingerprint density at radius 2 is 2.41 bits per heavy atom. The number of thioether (sulfide) groups is 1. The average Bonchev–Trinajstić information content (AvgIpc) is 2.66. The monoisotopic (exact) mass is 251 g/mol. The predicted octanol–water partition coefficient (Wildman–Crippen LogP) is 2.52. The molecule has 0 aliphatic carbocycles. The van der Waals surface area contributed by atoms with Gasteiger partial charge >= 0.3 is 12.1 Å². The van der Waals surface area contributed by atoms with Crippen molar-refractivity contribution in [3.8, 4) is 6.01 Å². The van der Waals surface area contributed by atoms with Crippen LogP contribution in [0.2, 0.25) is 0 Å². The molecule has 0 atom stereocenters. The van der Waals surface area contributed by atoms with E-state index in [1.54, 1.807) is 11.8 Å². The van der Waals surface area contributed by atoms with Crippen molar-refractivity contribution < 1.29 is 9.53 Å². The number of aromatic amines is 1. The number of nitrogens with two attached hydrogens (primary N) is 1. The second kappa shape index (κ2) is 5.09. The molecule has 6 heteroatoms. The first-order valence-electron chi connectivity index (χ1n) is 5.29. The fraction of sp³-hybridized carbons (Fsp3) is 0.273. The first-order valence-corrected chi connectivity index (χ1v) is 6.27. The fourth-order valence-corrected chi connectivity index (χ4v) is 2.21. The summed E-state index contributed by atoms with van der Waals surface area (Å²) >= 11 is 1.77. The molecule has 17 heavy (non-hydrogen) atoms. The Morgan fingerprint density at radius 1 is 1.59 bits per heavy atom. The van der Waals surface area contributed by atoms with E-state index in [0.29, 0.717) is 0 Å². The molecule has 1 amide bonds. The van der Waals surface area contributed by atoms with Gasteiger partial charge in [-0.1, -0.05) is 6.92 Å². The SMILES string of the molecule is CCCSc1ccc2[nH]c(OC(N)=O)nc2c1. The van der Waals surface area contributed by atoms with Crippen molar-refractivity contribution in [3.05, 3.63) is 18.2 Å². The second-order valence-electron chi connectivity index (χ2n) is 3.49. The molecule has 0 saturated heterocycles. The van der Waals surface area contributed by atoms with Crippen LogP contribution in [-0.4, -0.2) is 21.8 Å². The predicted molar refractivity (Wildman–Crippen MR) is 67.3 cm³/mol. The normalized spacial score (nSPS) is 10.6. The molecule has 90 valence electrons. The van der Waals surface area contributed by atoms with Crippen molar-refractivity contribution in [2.75, 3.05) is 5.75 Å². The molecule has 0 radical (unpaired) electrons. The summed E-state index contributed by atoms with van der Waals surface area (Å²) in [5.74, 6) is 1.07. The van der Waals surface area contributed by atoms with E-state index in [9.17, 15) is 4.79 Å². The van der Waals surface area contributed by atoms with E-state index in [2.05, 4.69) is 21.6 Å². The summed E-state index contributed by atoms with van der Waals surface area (Å²) < 4.78 is 4.69. The second-order valence-corrected chi connectivity index (χ2v) is 4.66. The molecule has 2 rings (SSSR count). The van der Waals surface area contributed by atoms with Gasteiger partial charge in [-0.15, -0.1) is 11.8 Å². The lowest BCUT2D eigenvalue weighted by Gasteiger charge is -1.98. The molecular formula is C11H13N3O2S. The quantitative estimate of drug-likeness (QED) is 0.818. The van der Waals surface area contributed by atoms with Crippen LogP contribution < -0.4 is 10.5 Å². The summed E-state index contributed by atoms with van der Waals surface area (Å²) in [6.45, 7) is 2.14. The van der Waals surface area contributed by atoms with Crippen molar-refractivity contribution in [2.45, 2.75) is 18.2 Å². The maximum absolute atomic E-state index is 10.6. The van der Waals surface area contributed by atoms with Crippen LogP contribution >= 0.6 is 11.8 Å². The van der Waals surface area contributed by atoms with Gasteiger partial charge in [0.2, 0.25) is 0 Å². The summed E-state index contributed by atoms with van der Waals surface area (Å²) in [6, 6.07) is 6.01. The van der Waals surface area contributed by atoms with Crippen LogP contribution in [0, 0.1) is 0 Å². The van der Waals surface area contributed by atoms with Crippen LogP contribution in [0.15, 0.2) is 23.1 Å². The molecule has 0 unspecified atom stereocenters. The van der Waals surface area contributed by atoms with Crippen LogP contribution in [0.5, 0.6) is 6.01 Å². The zero-order chi connectivity index (χ0) is 12.3. The van der Waals surface area contributed by atoms with E-state index in [1.165, 1.54) is 0 Å². The molecule has 0 aliphatic heterocycles. The number of primary amides is 1. The number of nitrogens with zero attached hydrogens (tertiary/aromatic N) is 1. The van der Waals surface area contributed by atoms with Gasteiger partial charge in [0.25, 0.3) is 0 Å². The van der Waals surface area contributed by atoms with Crippen LogP contribution in [0.4, 0.5) is 4.79 Å². The largest absolute Gasteiger partial charge is 0.412 e. The van der Waals surface area contributed by atoms with Crippen LogP contribution in [0.25, 0.3) is 11.0 Å². The first kappa shape index (κ1) is 11.8. The number of carbonyl (C=O) groups is 1. The molecule has 0 saturated carbocycles. The Morgan fingerprint density at radius 3 is 3.12 bits per heavy atom. The maximum Gasteiger partial charge on any atom is 0.412 e. The number of carbonyl (C=O) groups excluding carboxylic acids is 1. The Hall–Kier alpha value is -1.69. The van der Waals surface area contributed by atoms with Gasteiger partial charge in [0.15, 0.2) is 0 Å². The van der Waals surface area contributed by atoms with Gasteiger partial charge in [0.05, 0.1) is 11.0 Å². The van der Waals surface area contributed by atoms with Crippen molar-refractivity contribution in [1.29, 1.82) is 0 Å². The molecule has 1 heterocycles. The van der Waals surface area contributed by atoms with Gasteiger partial charge in [-0.25, -0.2) is 4.79 Å². The summed E-state index contributed by atoms with van der Waals surface area (Å²) in [6.07, 6.45) is 0.254. The number of imidazole rings is 1. The molecule has 1 aromatic heterocycles. The number of amides is 1. The minimum absolute atomic E-state index is 0.130. The lowest BCUT2D eigenvalue weighted by atomic mass is 10.3. The van der Waals surface area contributed by atoms with Crippen molar-refractivity contribution in [2.24, 2.45) is 5.73 Å². The number of aromatic nitrogens is 2. The van der Waals surface area contributed by atoms with Crippen molar-refractivity contribution in [3.63, 3.8) is 0 Å². The van der Waals surface area contributed by atoms with E-state index in [1.807, 2.05) is 18.2 Å². The van der Waals surface area contributed by atoms with Crippen LogP contribution in [0.1, 0.15) is 13.3 Å². The van der Waals surface area contributed by atoms with E-state index in [0.717, 1.165) is 28.1 Å². The summed E-state index contributed by atoms with van der Waals surface area (Å²) in [7, 11) is 0. The summed E-state index contributed by atoms with van der Waals surface area (Å²) in [5, 5.41) is 0. The van der Waals surface area contributed by atoms with Crippen LogP contribution in [0.3, 0.4) is 0 Å². The van der Waals surface area contributed by atoms with E-state index >= 15 is 0 Å². The molecule has 0 fully saturated rings. The lowest BCUT2D eigenvalue weighted by molar-refractivity contribution is 0.207. The maximum atomic E-state index is 10.6. The van der Waals surface area contributed by atoms with Crippen molar-refractivity contribution >= 4 is 28.9 Å². The highest BCUT2D eigenvalue weighted by Gasteiger charge is 2.06. The third-order valence-electron chi connectivity index (χ3n) is 2.10. The van der Waals surface area contributed by atoms with Crippen molar-refractivity contribution in [1.82, 2.24) is 9.97 Å². The zero-order valence-corrected chi connectivity index (χ0v) is 10.2. The van der Waals surface area contributed by atoms with Gasteiger partial charge in [-0.2, -0.15) is 4.98 Å². The smallest absolute Gasteiger partial charge is 0.376 e. The minimum atomic E-state index is -0.871. The Labute approximate surface area is 103 Å². The molecule has 0 bridgehead atoms. The highest BCUT2D eigenvalue weighted by Crippen LogP contribution is 2.24. The van der Waals surface area contributed by atoms with E-state index < -0.39 is 6.09 Å². The van der Waals surface area contributed by atoms with Gasteiger partial charge < -0.3 is 15.5 Å². The number of H-pyrrole nitrogens is 1. The molecule has 1 aromatic carbocycles. The lowest BCUT2D eigenvalue weighted by Crippen LogP contribution is -2.16. The Balaban J connectivity index is 2.24. The number of hydrogen-bond donors (Lipinski definition) is 2. The minimum Gasteiger partial charge on any atom is -0.376 e. The van der Waals surface area contributed by atoms with Gasteiger partial charge in [0.1, 0.15) is 0 Å². The summed E-state index contributed by atoms with van der Waals surface area (Å²) in [5.41, 5.74) is 6.50. The Bertz CT molecular complexity index is 538. The third-order valence-corrected chi connectivity index (χ3v) is 3.30. The van der Waals surface area contributed by atoms with Gasteiger partial charge in [-0.3, -0.25) is 0 Å². The first-order chi connectivity index (χ1) is 8.19. The highest BCUT2D eigenvalue weighted by molar-refractivity contribution is 7.99. The third kappa shape index (κ3) is 2.91. The molecule has 2 aromatic rings. The van der Waals surface area contributed by atoms with Crippen LogP contribution in [-0.2, 0) is 0 Å². The fourth-order valence-electron chi connectivity index (χ4n) is 1.42. The topological polar surface area (TPSA) is 81.0 Å². The number of nitrogens with one attached hydrogen (secondary N) is 1. The Kier molecular flexibility index (Phi) is 3.53. The molecule has 0 spiro atoms. The number of ether oxygens (including phenoxy) is 1. The van der Waals surface area contributed by atoms with Gasteiger partial charge in [0, 0.05) is 4.90 Å². The standard InChI is InChI=1S/C11H13N3O2S/c1-2-5-17-7-3-4-8-9(6-7)14-11(13-8)16-10(12)15/h3-4,6H,2,5H2,1H3,(H2,12,15)(H,13,14). The molecular weight excluding hydrogens is 238 g/mol. The van der Waals surface area contributed by atoms with E-state index in [4.69, 9.17) is 5.73 Å². The highest BCUT2D eigenvalue weighted by atomic mass is 32.2. The number of fused-ring (bicyclic) bond motifs is 1. The number of benzene rings is 1. The number of hydrogen-bond acceptors (Lipinski definition) is 4. The average molecular weight is 251 g/mol. The molecule has 0 aliphatic rings. The number of rotatable bonds is 4.